The van der Waals surface area contributed by atoms with E-state index >= 15 is 0 Å². The van der Waals surface area contributed by atoms with Crippen LogP contribution in [0.25, 0.3) is 0 Å². The molecule has 0 spiro atoms. The van der Waals surface area contributed by atoms with Gasteiger partial charge < -0.3 is 34.5 Å². The van der Waals surface area contributed by atoms with E-state index in [2.05, 4.69) is 0 Å². The maximum absolute atomic E-state index is 12.7. The summed E-state index contributed by atoms with van der Waals surface area (Å²) < 4.78 is 26.7. The Balaban J connectivity index is 2.47. The van der Waals surface area contributed by atoms with E-state index < -0.39 is 59.4 Å². The summed E-state index contributed by atoms with van der Waals surface area (Å²) in [5, 5.41) is 9.80. The number of carboxylic acids is 1. The van der Waals surface area contributed by atoms with Crippen LogP contribution in [0.3, 0.4) is 0 Å². The van der Waals surface area contributed by atoms with E-state index in [1.165, 1.54) is 18.2 Å². The number of rotatable bonds is 9. The Labute approximate surface area is 239 Å². The first-order chi connectivity index (χ1) is 18.9. The molecule has 2 aromatic rings. The van der Waals surface area contributed by atoms with Gasteiger partial charge in [0.2, 0.25) is 0 Å². The van der Waals surface area contributed by atoms with Crippen molar-refractivity contribution in [3.05, 3.63) is 59.7 Å². The highest BCUT2D eigenvalue weighted by Crippen LogP contribution is 2.38. The molecule has 2 rings (SSSR count). The molecule has 0 bridgehead atoms. The number of hydrogen-bond acceptors (Lipinski definition) is 10. The number of carbonyl (C=O) groups excluding carboxylic acids is 3. The molecule has 0 aliphatic carbocycles. The molecule has 11 heteroatoms. The highest BCUT2D eigenvalue weighted by Gasteiger charge is 2.36. The van der Waals surface area contributed by atoms with Crippen molar-refractivity contribution in [2.75, 3.05) is 0 Å². The zero-order chi connectivity index (χ0) is 31.1. The number of nitrogens with two attached hydrogens (primary N) is 1. The number of aliphatic carboxylic acids is 1. The summed E-state index contributed by atoms with van der Waals surface area (Å²) in [6, 6.07) is 11.1. The van der Waals surface area contributed by atoms with E-state index in [4.69, 9.17) is 29.4 Å². The Morgan fingerprint density at radius 2 is 1.29 bits per heavy atom. The molecule has 3 N–H and O–H groups in total. The van der Waals surface area contributed by atoms with Crippen molar-refractivity contribution in [1.29, 1.82) is 0 Å². The fraction of sp³-hybridized carbons (Fsp3) is 0.467. The lowest BCUT2D eigenvalue weighted by atomic mass is 9.79. The Kier molecular flexibility index (Phi) is 10.9. The molecule has 0 saturated carbocycles. The van der Waals surface area contributed by atoms with Gasteiger partial charge in [-0.25, -0.2) is 14.4 Å². The molecule has 2 aromatic carbocycles. The molecule has 0 amide bonds. The third-order valence-corrected chi connectivity index (χ3v) is 5.80. The van der Waals surface area contributed by atoms with Gasteiger partial charge in [0.15, 0.2) is 11.5 Å². The second-order valence-electron chi connectivity index (χ2n) is 11.6. The summed E-state index contributed by atoms with van der Waals surface area (Å²) in [7, 11) is 0. The van der Waals surface area contributed by atoms with Crippen molar-refractivity contribution in [1.82, 2.24) is 0 Å². The minimum atomic E-state index is -1.44. The van der Waals surface area contributed by atoms with E-state index in [1.807, 2.05) is 0 Å². The Bertz CT molecular complexity index is 1230. The third kappa shape index (κ3) is 10.4. The van der Waals surface area contributed by atoms with E-state index in [-0.39, 0.29) is 11.5 Å². The molecule has 41 heavy (non-hydrogen) atoms. The number of benzene rings is 2. The Hall–Kier alpha value is -4.12. The number of esters is 1. The first kappa shape index (κ1) is 33.1. The quantitative estimate of drug-likeness (QED) is 0.215. The van der Waals surface area contributed by atoms with Crippen LogP contribution in [-0.4, -0.2) is 52.7 Å². The summed E-state index contributed by atoms with van der Waals surface area (Å²) in [4.78, 5) is 49.6. The van der Waals surface area contributed by atoms with Gasteiger partial charge in [0.1, 0.15) is 23.3 Å². The van der Waals surface area contributed by atoms with Crippen molar-refractivity contribution < 1.29 is 48.0 Å². The van der Waals surface area contributed by atoms with Gasteiger partial charge in [-0.1, -0.05) is 31.2 Å². The maximum Gasteiger partial charge on any atom is 0.514 e. The van der Waals surface area contributed by atoms with E-state index in [0.29, 0.717) is 11.1 Å². The average Bonchev–Trinajstić information content (AvgIpc) is 2.83. The van der Waals surface area contributed by atoms with Crippen molar-refractivity contribution in [3.8, 4) is 11.5 Å². The summed E-state index contributed by atoms with van der Waals surface area (Å²) in [6.45, 7) is 13.2. The maximum atomic E-state index is 12.7. The summed E-state index contributed by atoms with van der Waals surface area (Å²) >= 11 is 0. The normalized spacial score (nSPS) is 14.6. The largest absolute Gasteiger partial charge is 0.514 e. The fourth-order valence-electron chi connectivity index (χ4n) is 3.82. The first-order valence-electron chi connectivity index (χ1n) is 13.1. The predicted molar refractivity (Wildman–Crippen MR) is 149 cm³/mol. The Morgan fingerprint density at radius 3 is 1.78 bits per heavy atom. The van der Waals surface area contributed by atoms with Gasteiger partial charge in [0, 0.05) is 11.8 Å². The minimum absolute atomic E-state index is 0.173. The van der Waals surface area contributed by atoms with Crippen LogP contribution in [0.2, 0.25) is 0 Å². The predicted octanol–water partition coefficient (Wildman–Crippen LogP) is 5.69. The highest BCUT2D eigenvalue weighted by molar-refractivity contribution is 5.89. The molecule has 3 unspecified atom stereocenters. The number of carbonyl (C=O) groups is 4. The second-order valence-corrected chi connectivity index (χ2v) is 11.6. The first-order valence-corrected chi connectivity index (χ1v) is 13.1. The van der Waals surface area contributed by atoms with Crippen LogP contribution in [0.15, 0.2) is 48.5 Å². The molecular formula is C30H39NO10. The Morgan fingerprint density at radius 1 is 0.780 bits per heavy atom. The highest BCUT2D eigenvalue weighted by atomic mass is 16.8. The molecule has 224 valence electrons. The monoisotopic (exact) mass is 573 g/mol. The lowest BCUT2D eigenvalue weighted by Gasteiger charge is -2.32. The van der Waals surface area contributed by atoms with Crippen LogP contribution in [0.4, 0.5) is 9.59 Å². The molecule has 0 radical (unpaired) electrons. The molecule has 0 aromatic heterocycles. The minimum Gasteiger partial charge on any atom is -0.480 e. The summed E-state index contributed by atoms with van der Waals surface area (Å²) in [6.07, 6.45) is -2.90. The molecule has 0 saturated heterocycles. The molecule has 0 heterocycles. The molecule has 0 aliphatic rings. The van der Waals surface area contributed by atoms with Gasteiger partial charge in [-0.15, -0.1) is 0 Å². The van der Waals surface area contributed by atoms with Crippen LogP contribution >= 0.6 is 0 Å². The van der Waals surface area contributed by atoms with Crippen molar-refractivity contribution in [2.45, 2.75) is 84.7 Å². The van der Waals surface area contributed by atoms with Crippen molar-refractivity contribution >= 4 is 24.2 Å². The van der Waals surface area contributed by atoms with E-state index in [1.54, 1.807) is 85.7 Å². The van der Waals surface area contributed by atoms with Crippen LogP contribution in [0.1, 0.15) is 77.2 Å². The average molecular weight is 574 g/mol. The van der Waals surface area contributed by atoms with Crippen LogP contribution < -0.4 is 15.2 Å². The second kappa shape index (κ2) is 13.5. The van der Waals surface area contributed by atoms with Gasteiger partial charge in [0.05, 0.1) is 5.56 Å². The molecule has 0 fully saturated rings. The molecule has 0 aliphatic heterocycles. The number of carboxylic acid groups (broad SMARTS) is 1. The SMILES string of the molecule is CC(OC(=O)c1ccccc1)C(C)C(c1ccc(OC(=O)OC(C)(C)C)c(OC(=O)OC(C)(C)C)c1)[C@H](N)C(=O)O. The zero-order valence-electron chi connectivity index (χ0n) is 24.6. The topological polar surface area (TPSA) is 161 Å². The number of hydrogen-bond donors (Lipinski definition) is 2. The third-order valence-electron chi connectivity index (χ3n) is 5.80. The standard InChI is InChI=1S/C30H39NO10/c1-17(18(2)37-26(34)19-12-10-9-11-13-19)23(24(31)25(32)33)20-14-15-21(38-27(35)40-29(3,4)5)22(16-20)39-28(36)41-30(6,7)8/h9-18,23-24H,31H2,1-8H3,(H,32,33)/t17?,18?,23?,24-/m0/s1. The van der Waals surface area contributed by atoms with Gasteiger partial charge in [0.25, 0.3) is 0 Å². The summed E-state index contributed by atoms with van der Waals surface area (Å²) in [5.41, 5.74) is 5.03. The van der Waals surface area contributed by atoms with Crippen LogP contribution in [-0.2, 0) is 19.0 Å². The van der Waals surface area contributed by atoms with Gasteiger partial charge in [-0.2, -0.15) is 0 Å². The smallest absolute Gasteiger partial charge is 0.480 e. The van der Waals surface area contributed by atoms with Gasteiger partial charge >= 0.3 is 24.2 Å². The van der Waals surface area contributed by atoms with Gasteiger partial charge in [-0.3, -0.25) is 4.79 Å². The molecule has 4 atom stereocenters. The van der Waals surface area contributed by atoms with Crippen LogP contribution in [0.5, 0.6) is 11.5 Å². The van der Waals surface area contributed by atoms with Gasteiger partial charge in [-0.05, 0) is 78.3 Å². The van der Waals surface area contributed by atoms with E-state index in [0.717, 1.165) is 0 Å². The molecule has 11 nitrogen and oxygen atoms in total. The van der Waals surface area contributed by atoms with E-state index in [9.17, 15) is 24.3 Å². The fourth-order valence-corrected chi connectivity index (χ4v) is 3.82. The number of ether oxygens (including phenoxy) is 5. The summed E-state index contributed by atoms with van der Waals surface area (Å²) in [5.74, 6) is -3.84. The van der Waals surface area contributed by atoms with Crippen LogP contribution in [0, 0.1) is 5.92 Å². The van der Waals surface area contributed by atoms with Crippen molar-refractivity contribution in [2.24, 2.45) is 11.7 Å². The lowest BCUT2D eigenvalue weighted by Crippen LogP contribution is -2.42. The van der Waals surface area contributed by atoms with Crippen molar-refractivity contribution in [3.63, 3.8) is 0 Å². The zero-order valence-corrected chi connectivity index (χ0v) is 24.6. The molecular weight excluding hydrogens is 534 g/mol. The lowest BCUT2D eigenvalue weighted by molar-refractivity contribution is -0.139.